The number of fused-ring (bicyclic) bond motifs is 1. The molecule has 2 aromatic heterocycles. The van der Waals surface area contributed by atoms with Crippen LogP contribution < -0.4 is 10.1 Å². The van der Waals surface area contributed by atoms with Crippen molar-refractivity contribution in [1.29, 1.82) is 0 Å². The first-order chi connectivity index (χ1) is 12.7. The summed E-state index contributed by atoms with van der Waals surface area (Å²) in [7, 11) is 1.66. The number of H-pyrrole nitrogens is 1. The van der Waals surface area contributed by atoms with Crippen LogP contribution in [0.4, 0.5) is 0 Å². The first kappa shape index (κ1) is 16.4. The number of nitrogens with zero attached hydrogens (tertiary/aromatic N) is 1. The third kappa shape index (κ3) is 3.34. The van der Waals surface area contributed by atoms with Gasteiger partial charge in [-0.25, -0.2) is 0 Å². The third-order valence-corrected chi connectivity index (χ3v) is 4.48. The molecule has 26 heavy (non-hydrogen) atoms. The number of methoxy groups -OCH3 is 1. The van der Waals surface area contributed by atoms with Gasteiger partial charge in [0.05, 0.1) is 13.7 Å². The van der Waals surface area contributed by atoms with Crippen LogP contribution in [0.2, 0.25) is 0 Å². The lowest BCUT2D eigenvalue weighted by Crippen LogP contribution is -2.11. The molecule has 2 heterocycles. The molecule has 0 saturated carbocycles. The van der Waals surface area contributed by atoms with Gasteiger partial charge in [0.25, 0.3) is 0 Å². The molecule has 4 rings (SSSR count). The van der Waals surface area contributed by atoms with Crippen LogP contribution in [0, 0.1) is 6.92 Å². The maximum Gasteiger partial charge on any atom is 0.151 e. The van der Waals surface area contributed by atoms with Gasteiger partial charge in [-0.2, -0.15) is 0 Å². The van der Waals surface area contributed by atoms with Crippen LogP contribution in [0.3, 0.4) is 0 Å². The van der Waals surface area contributed by atoms with E-state index < -0.39 is 0 Å². The Morgan fingerprint density at radius 3 is 2.73 bits per heavy atom. The van der Waals surface area contributed by atoms with Gasteiger partial charge >= 0.3 is 0 Å². The zero-order valence-corrected chi connectivity index (χ0v) is 14.9. The van der Waals surface area contributed by atoms with Gasteiger partial charge in [-0.15, -0.1) is 0 Å². The Balaban J connectivity index is 1.40. The Morgan fingerprint density at radius 2 is 1.92 bits per heavy atom. The minimum absolute atomic E-state index is 0.627. The number of aromatic amines is 1. The highest BCUT2D eigenvalue weighted by Gasteiger charge is 2.08. The highest BCUT2D eigenvalue weighted by Crippen LogP contribution is 2.23. The van der Waals surface area contributed by atoms with Gasteiger partial charge in [-0.1, -0.05) is 16.8 Å². The van der Waals surface area contributed by atoms with Crippen LogP contribution in [-0.4, -0.2) is 17.3 Å². The number of hydrogen-bond acceptors (Lipinski definition) is 4. The fourth-order valence-electron chi connectivity index (χ4n) is 3.05. The lowest BCUT2D eigenvalue weighted by Gasteiger charge is -2.02. The summed E-state index contributed by atoms with van der Waals surface area (Å²) in [4.78, 5) is 3.31. The van der Waals surface area contributed by atoms with Crippen LogP contribution in [0.15, 0.2) is 59.3 Å². The largest absolute Gasteiger partial charge is 0.497 e. The number of benzene rings is 2. The number of hydrogen-bond donors (Lipinski definition) is 2. The van der Waals surface area contributed by atoms with Crippen LogP contribution in [0.25, 0.3) is 22.2 Å². The second-order valence-corrected chi connectivity index (χ2v) is 6.37. The molecule has 0 aliphatic rings. The molecule has 0 spiro atoms. The van der Waals surface area contributed by atoms with E-state index in [0.29, 0.717) is 6.54 Å². The first-order valence-electron chi connectivity index (χ1n) is 8.60. The van der Waals surface area contributed by atoms with E-state index in [-0.39, 0.29) is 0 Å². The zero-order valence-electron chi connectivity index (χ0n) is 14.9. The molecule has 2 N–H and O–H groups in total. The van der Waals surface area contributed by atoms with E-state index in [9.17, 15) is 0 Å². The minimum Gasteiger partial charge on any atom is -0.497 e. The number of aryl methyl sites for hydroxylation is 1. The van der Waals surface area contributed by atoms with Crippen molar-refractivity contribution in [2.45, 2.75) is 20.0 Å². The summed E-state index contributed by atoms with van der Waals surface area (Å²) in [6, 6.07) is 16.2. The van der Waals surface area contributed by atoms with E-state index in [1.54, 1.807) is 7.11 Å². The van der Waals surface area contributed by atoms with Crippen molar-refractivity contribution < 1.29 is 9.26 Å². The summed E-state index contributed by atoms with van der Waals surface area (Å²) in [5.74, 6) is 1.64. The van der Waals surface area contributed by atoms with E-state index in [0.717, 1.165) is 34.8 Å². The molecule has 2 aromatic carbocycles. The van der Waals surface area contributed by atoms with Gasteiger partial charge in [-0.3, -0.25) is 0 Å². The number of rotatable bonds is 6. The number of aromatic nitrogens is 2. The SMILES string of the molecule is COc1ccc(-c2cc(CNCc3c[nH]c4ccc(C)cc34)on2)cc1. The lowest BCUT2D eigenvalue weighted by molar-refractivity contribution is 0.374. The molecular weight excluding hydrogens is 326 g/mol. The predicted molar refractivity (Wildman–Crippen MR) is 102 cm³/mol. The Labute approximate surface area is 152 Å². The molecule has 0 unspecified atom stereocenters. The summed E-state index contributed by atoms with van der Waals surface area (Å²) in [5.41, 5.74) is 5.50. The molecule has 0 atom stereocenters. The summed E-state index contributed by atoms with van der Waals surface area (Å²) < 4.78 is 10.6. The van der Waals surface area contributed by atoms with Crippen LogP contribution in [0.5, 0.6) is 5.75 Å². The Hall–Kier alpha value is -3.05. The van der Waals surface area contributed by atoms with Gasteiger partial charge in [-0.05, 0) is 48.9 Å². The van der Waals surface area contributed by atoms with Crippen molar-refractivity contribution in [3.8, 4) is 17.0 Å². The molecule has 0 aliphatic heterocycles. The molecule has 0 amide bonds. The molecule has 0 saturated heterocycles. The van der Waals surface area contributed by atoms with Gasteiger partial charge in [0.2, 0.25) is 0 Å². The molecule has 0 bridgehead atoms. The quantitative estimate of drug-likeness (QED) is 0.542. The summed E-state index contributed by atoms with van der Waals surface area (Å²) in [6.45, 7) is 3.50. The second kappa shape index (κ2) is 7.06. The fraction of sp³-hybridized carbons (Fsp3) is 0.190. The van der Waals surface area contributed by atoms with E-state index in [1.807, 2.05) is 30.3 Å². The van der Waals surface area contributed by atoms with Crippen molar-refractivity contribution >= 4 is 10.9 Å². The minimum atomic E-state index is 0.627. The first-order valence-corrected chi connectivity index (χ1v) is 8.60. The predicted octanol–water partition coefficient (Wildman–Crippen LogP) is 4.43. The van der Waals surface area contributed by atoms with Gasteiger partial charge in [0.1, 0.15) is 11.4 Å². The van der Waals surface area contributed by atoms with E-state index >= 15 is 0 Å². The average Bonchev–Trinajstić information content (AvgIpc) is 3.29. The molecule has 5 heteroatoms. The van der Waals surface area contributed by atoms with Crippen molar-refractivity contribution in [3.63, 3.8) is 0 Å². The lowest BCUT2D eigenvalue weighted by atomic mass is 10.1. The molecule has 5 nitrogen and oxygen atoms in total. The summed E-state index contributed by atoms with van der Waals surface area (Å²) in [5, 5.41) is 8.84. The monoisotopic (exact) mass is 347 g/mol. The highest BCUT2D eigenvalue weighted by atomic mass is 16.5. The van der Waals surface area contributed by atoms with Crippen molar-refractivity contribution in [1.82, 2.24) is 15.5 Å². The Kier molecular flexibility index (Phi) is 4.46. The number of ether oxygens (including phenoxy) is 1. The van der Waals surface area contributed by atoms with Gasteiger partial charge < -0.3 is 19.6 Å². The molecule has 0 fully saturated rings. The highest BCUT2D eigenvalue weighted by molar-refractivity contribution is 5.83. The van der Waals surface area contributed by atoms with Crippen molar-refractivity contribution in [2.24, 2.45) is 0 Å². The zero-order chi connectivity index (χ0) is 17.9. The maximum atomic E-state index is 5.45. The fourth-order valence-corrected chi connectivity index (χ4v) is 3.05. The molecular formula is C21H21N3O2. The Bertz CT molecular complexity index is 1020. The second-order valence-electron chi connectivity index (χ2n) is 6.37. The molecule has 0 aliphatic carbocycles. The standard InChI is InChI=1S/C21H21N3O2/c1-14-3-8-20-19(9-14)16(12-23-20)11-22-13-18-10-21(24-26-18)15-4-6-17(25-2)7-5-15/h3-10,12,22-23H,11,13H2,1-2H3. The van der Waals surface area contributed by atoms with Gasteiger partial charge in [0.15, 0.2) is 5.76 Å². The topological polar surface area (TPSA) is 63.1 Å². The maximum absolute atomic E-state index is 5.45. The number of nitrogens with one attached hydrogen (secondary N) is 2. The average molecular weight is 347 g/mol. The van der Waals surface area contributed by atoms with E-state index in [4.69, 9.17) is 9.26 Å². The smallest absolute Gasteiger partial charge is 0.151 e. The Morgan fingerprint density at radius 1 is 1.08 bits per heavy atom. The molecule has 0 radical (unpaired) electrons. The molecule has 4 aromatic rings. The van der Waals surface area contributed by atoms with Crippen LogP contribution in [0.1, 0.15) is 16.9 Å². The normalized spacial score (nSPS) is 11.2. The molecule has 132 valence electrons. The van der Waals surface area contributed by atoms with E-state index in [1.165, 1.54) is 16.5 Å². The van der Waals surface area contributed by atoms with Crippen molar-refractivity contribution in [2.75, 3.05) is 7.11 Å². The van der Waals surface area contributed by atoms with Crippen molar-refractivity contribution in [3.05, 3.63) is 71.6 Å². The summed E-state index contributed by atoms with van der Waals surface area (Å²) >= 11 is 0. The van der Waals surface area contributed by atoms with Gasteiger partial charge in [0, 0.05) is 35.3 Å². The summed E-state index contributed by atoms with van der Waals surface area (Å²) in [6.07, 6.45) is 2.06. The van der Waals surface area contributed by atoms with E-state index in [2.05, 4.69) is 46.8 Å². The third-order valence-electron chi connectivity index (χ3n) is 4.48. The van der Waals surface area contributed by atoms with Crippen LogP contribution >= 0.6 is 0 Å². The van der Waals surface area contributed by atoms with Crippen LogP contribution in [-0.2, 0) is 13.1 Å².